The summed E-state index contributed by atoms with van der Waals surface area (Å²) in [5.74, 6) is -1.16. The molecule has 0 spiro atoms. The number of carbonyl (C=O) groups is 1. The summed E-state index contributed by atoms with van der Waals surface area (Å²) in [4.78, 5) is 15.0. The van der Waals surface area contributed by atoms with E-state index in [1.54, 1.807) is 11.8 Å². The molecule has 3 aromatic rings. The first kappa shape index (κ1) is 22.5. The second-order valence-corrected chi connectivity index (χ2v) is 10.6. The number of para-hydroxylation sites is 1. The van der Waals surface area contributed by atoms with Crippen LogP contribution < -0.4 is 5.32 Å². The third kappa shape index (κ3) is 5.20. The van der Waals surface area contributed by atoms with Crippen LogP contribution in [0.2, 0.25) is 0 Å². The van der Waals surface area contributed by atoms with Crippen LogP contribution in [0.15, 0.2) is 93.5 Å². The van der Waals surface area contributed by atoms with Gasteiger partial charge >= 0.3 is 0 Å². The Morgan fingerprint density at radius 3 is 2.41 bits per heavy atom. The molecule has 0 saturated carbocycles. The van der Waals surface area contributed by atoms with Crippen molar-refractivity contribution in [3.63, 3.8) is 0 Å². The summed E-state index contributed by atoms with van der Waals surface area (Å²) in [5, 5.41) is 2.99. The Morgan fingerprint density at radius 2 is 1.66 bits per heavy atom. The van der Waals surface area contributed by atoms with E-state index in [4.69, 9.17) is 0 Å². The zero-order valence-electron chi connectivity index (χ0n) is 17.3. The second-order valence-electron chi connectivity index (χ2n) is 7.56. The van der Waals surface area contributed by atoms with Crippen LogP contribution in [0.4, 0.5) is 10.1 Å². The van der Waals surface area contributed by atoms with Crippen molar-refractivity contribution in [3.8, 4) is 0 Å². The van der Waals surface area contributed by atoms with Crippen molar-refractivity contribution in [2.75, 3.05) is 18.4 Å². The maximum atomic E-state index is 13.2. The zero-order chi connectivity index (χ0) is 22.6. The summed E-state index contributed by atoms with van der Waals surface area (Å²) in [6, 6.07) is 22.2. The third-order valence-corrected chi connectivity index (χ3v) is 8.29. The third-order valence-electron chi connectivity index (χ3n) is 5.32. The highest BCUT2D eigenvalue weighted by Gasteiger charge is 2.33. The van der Waals surface area contributed by atoms with Gasteiger partial charge in [-0.2, -0.15) is 4.31 Å². The van der Waals surface area contributed by atoms with Crippen molar-refractivity contribution in [2.45, 2.75) is 27.5 Å². The largest absolute Gasteiger partial charge is 0.325 e. The molecule has 1 heterocycles. The fraction of sp³-hybridized carbons (Fsp3) is 0.208. The standard InChI is InChI=1S/C24H23FN2O3S2/c25-19-12-14-21(15-13-19)32(29,30)27-16-6-7-18(17-27)24(28)26-22-10-4-5-11-23(22)31-20-8-2-1-3-9-20/h1-5,8-15,18H,6-7,16-17H2,(H,26,28)/t18-/m1/s1. The van der Waals surface area contributed by atoms with Gasteiger partial charge in [0.25, 0.3) is 0 Å². The van der Waals surface area contributed by atoms with Crippen molar-refractivity contribution in [1.29, 1.82) is 0 Å². The molecule has 1 amide bonds. The molecule has 0 bridgehead atoms. The van der Waals surface area contributed by atoms with Gasteiger partial charge < -0.3 is 5.32 Å². The van der Waals surface area contributed by atoms with Crippen LogP contribution in [0.5, 0.6) is 0 Å². The van der Waals surface area contributed by atoms with E-state index in [2.05, 4.69) is 5.32 Å². The molecule has 1 aliphatic rings. The molecular formula is C24H23FN2O3S2. The molecule has 4 rings (SSSR count). The van der Waals surface area contributed by atoms with Gasteiger partial charge in [-0.1, -0.05) is 42.1 Å². The summed E-state index contributed by atoms with van der Waals surface area (Å²) in [5.41, 5.74) is 0.699. The number of rotatable bonds is 6. The van der Waals surface area contributed by atoms with Gasteiger partial charge in [0, 0.05) is 22.9 Å². The molecule has 0 radical (unpaired) electrons. The van der Waals surface area contributed by atoms with Crippen LogP contribution in [-0.4, -0.2) is 31.7 Å². The highest BCUT2D eigenvalue weighted by atomic mass is 32.2. The zero-order valence-corrected chi connectivity index (χ0v) is 18.9. The number of carbonyl (C=O) groups excluding carboxylic acids is 1. The Hall–Kier alpha value is -2.68. The highest BCUT2D eigenvalue weighted by Crippen LogP contribution is 2.34. The lowest BCUT2D eigenvalue weighted by Crippen LogP contribution is -2.43. The van der Waals surface area contributed by atoms with E-state index >= 15 is 0 Å². The molecule has 1 aliphatic heterocycles. The molecule has 32 heavy (non-hydrogen) atoms. The molecule has 3 aromatic carbocycles. The van der Waals surface area contributed by atoms with Crippen LogP contribution in [0, 0.1) is 11.7 Å². The quantitative estimate of drug-likeness (QED) is 0.550. The van der Waals surface area contributed by atoms with Gasteiger partial charge in [-0.25, -0.2) is 12.8 Å². The van der Waals surface area contributed by atoms with Gasteiger partial charge in [0.2, 0.25) is 15.9 Å². The highest BCUT2D eigenvalue weighted by molar-refractivity contribution is 7.99. The number of nitrogens with zero attached hydrogens (tertiary/aromatic N) is 1. The summed E-state index contributed by atoms with van der Waals surface area (Å²) in [7, 11) is -3.78. The summed E-state index contributed by atoms with van der Waals surface area (Å²) < 4.78 is 40.4. The second kappa shape index (κ2) is 9.85. The number of nitrogens with one attached hydrogen (secondary N) is 1. The molecule has 1 atom stereocenters. The Morgan fingerprint density at radius 1 is 0.969 bits per heavy atom. The molecule has 0 unspecified atom stereocenters. The summed E-state index contributed by atoms with van der Waals surface area (Å²) >= 11 is 1.55. The van der Waals surface area contributed by atoms with Gasteiger partial charge in [0.15, 0.2) is 0 Å². The van der Waals surface area contributed by atoms with Crippen LogP contribution >= 0.6 is 11.8 Å². The summed E-state index contributed by atoms with van der Waals surface area (Å²) in [6.45, 7) is 0.434. The Labute approximate surface area is 191 Å². The normalized spacial score (nSPS) is 17.1. The lowest BCUT2D eigenvalue weighted by Gasteiger charge is -2.31. The number of anilines is 1. The Kier molecular flexibility index (Phi) is 6.93. The molecule has 0 aromatic heterocycles. The van der Waals surface area contributed by atoms with Crippen molar-refractivity contribution < 1.29 is 17.6 Å². The molecule has 8 heteroatoms. The van der Waals surface area contributed by atoms with Crippen molar-refractivity contribution in [1.82, 2.24) is 4.31 Å². The minimum atomic E-state index is -3.78. The van der Waals surface area contributed by atoms with Crippen molar-refractivity contribution in [3.05, 3.63) is 84.7 Å². The van der Waals surface area contributed by atoms with Gasteiger partial charge in [-0.3, -0.25) is 4.79 Å². The lowest BCUT2D eigenvalue weighted by molar-refractivity contribution is -0.120. The monoisotopic (exact) mass is 470 g/mol. The molecule has 1 N–H and O–H groups in total. The van der Waals surface area contributed by atoms with E-state index in [9.17, 15) is 17.6 Å². The van der Waals surface area contributed by atoms with E-state index in [0.29, 0.717) is 25.1 Å². The fourth-order valence-corrected chi connectivity index (χ4v) is 6.09. The van der Waals surface area contributed by atoms with Gasteiger partial charge in [0.1, 0.15) is 5.82 Å². The average Bonchev–Trinajstić information content (AvgIpc) is 2.81. The SMILES string of the molecule is O=C(Nc1ccccc1Sc1ccccc1)[C@@H]1CCCN(S(=O)(=O)c2ccc(F)cc2)C1. The minimum absolute atomic E-state index is 0.0320. The van der Waals surface area contributed by atoms with Crippen LogP contribution in [-0.2, 0) is 14.8 Å². The Balaban J connectivity index is 1.47. The average molecular weight is 471 g/mol. The first-order chi connectivity index (χ1) is 15.4. The van der Waals surface area contributed by atoms with Crippen LogP contribution in [0.3, 0.4) is 0 Å². The maximum absolute atomic E-state index is 13.2. The number of piperidine rings is 1. The van der Waals surface area contributed by atoms with E-state index in [-0.39, 0.29) is 17.3 Å². The van der Waals surface area contributed by atoms with Crippen LogP contribution in [0.1, 0.15) is 12.8 Å². The topological polar surface area (TPSA) is 66.5 Å². The fourth-order valence-electron chi connectivity index (χ4n) is 3.64. The van der Waals surface area contributed by atoms with E-state index < -0.39 is 21.8 Å². The molecule has 0 aliphatic carbocycles. The summed E-state index contributed by atoms with van der Waals surface area (Å²) in [6.07, 6.45) is 1.19. The van der Waals surface area contributed by atoms with Gasteiger partial charge in [-0.05, 0) is 61.4 Å². The van der Waals surface area contributed by atoms with Crippen molar-refractivity contribution in [2.24, 2.45) is 5.92 Å². The smallest absolute Gasteiger partial charge is 0.243 e. The number of benzene rings is 3. The number of hydrogen-bond donors (Lipinski definition) is 1. The van der Waals surface area contributed by atoms with E-state index in [1.165, 1.54) is 16.4 Å². The predicted molar refractivity (Wildman–Crippen MR) is 124 cm³/mol. The number of hydrogen-bond acceptors (Lipinski definition) is 4. The van der Waals surface area contributed by atoms with E-state index in [1.807, 2.05) is 54.6 Å². The van der Waals surface area contributed by atoms with Crippen molar-refractivity contribution >= 4 is 33.4 Å². The maximum Gasteiger partial charge on any atom is 0.243 e. The molecule has 5 nitrogen and oxygen atoms in total. The Bertz CT molecular complexity index is 1190. The van der Waals surface area contributed by atoms with E-state index in [0.717, 1.165) is 21.9 Å². The number of sulfonamides is 1. The van der Waals surface area contributed by atoms with Gasteiger partial charge in [0.05, 0.1) is 16.5 Å². The number of amides is 1. The van der Waals surface area contributed by atoms with Gasteiger partial charge in [-0.15, -0.1) is 0 Å². The van der Waals surface area contributed by atoms with Crippen LogP contribution in [0.25, 0.3) is 0 Å². The first-order valence-corrected chi connectivity index (χ1v) is 12.6. The minimum Gasteiger partial charge on any atom is -0.325 e. The number of halogens is 1. The molecule has 1 fully saturated rings. The molecule has 1 saturated heterocycles. The first-order valence-electron chi connectivity index (χ1n) is 10.3. The lowest BCUT2D eigenvalue weighted by atomic mass is 9.99. The molecular weight excluding hydrogens is 447 g/mol. The predicted octanol–water partition coefficient (Wildman–Crippen LogP) is 5.02. The molecule has 166 valence electrons.